The highest BCUT2D eigenvalue weighted by Gasteiger charge is 2.26. The second-order valence-electron chi connectivity index (χ2n) is 6.23. The van der Waals surface area contributed by atoms with E-state index in [2.05, 4.69) is 17.0 Å². The summed E-state index contributed by atoms with van der Waals surface area (Å²) >= 11 is 0. The molecule has 7 nitrogen and oxygen atoms in total. The Labute approximate surface area is 150 Å². The number of piperazine rings is 1. The van der Waals surface area contributed by atoms with Gasteiger partial charge in [-0.25, -0.2) is 8.42 Å². The van der Waals surface area contributed by atoms with Gasteiger partial charge in [0.2, 0.25) is 15.9 Å². The summed E-state index contributed by atoms with van der Waals surface area (Å²) in [6.45, 7) is 4.02. The zero-order valence-electron chi connectivity index (χ0n) is 14.9. The van der Waals surface area contributed by atoms with Crippen LogP contribution in [0.15, 0.2) is 30.3 Å². The summed E-state index contributed by atoms with van der Waals surface area (Å²) < 4.78 is 29.7. The highest BCUT2D eigenvalue weighted by atomic mass is 32.2. The highest BCUT2D eigenvalue weighted by Crippen LogP contribution is 2.09. The molecule has 0 saturated carbocycles. The third-order valence-corrected chi connectivity index (χ3v) is 5.55. The van der Waals surface area contributed by atoms with Crippen LogP contribution in [0.2, 0.25) is 0 Å². The van der Waals surface area contributed by atoms with Gasteiger partial charge in [-0.1, -0.05) is 30.3 Å². The molecule has 140 valence electrons. The number of sulfonamides is 1. The summed E-state index contributed by atoms with van der Waals surface area (Å²) in [6.07, 6.45) is 1.12. The van der Waals surface area contributed by atoms with Crippen molar-refractivity contribution in [2.75, 3.05) is 59.2 Å². The molecule has 1 heterocycles. The van der Waals surface area contributed by atoms with Gasteiger partial charge in [-0.15, -0.1) is 0 Å². The van der Waals surface area contributed by atoms with E-state index in [1.165, 1.54) is 17.0 Å². The number of nitrogens with zero attached hydrogens (tertiary/aromatic N) is 3. The Morgan fingerprint density at radius 1 is 1.16 bits per heavy atom. The number of rotatable bonds is 8. The molecular formula is C17H27N3O4S. The first-order valence-corrected chi connectivity index (χ1v) is 10.2. The van der Waals surface area contributed by atoms with Crippen LogP contribution >= 0.6 is 0 Å². The van der Waals surface area contributed by atoms with E-state index >= 15 is 0 Å². The van der Waals surface area contributed by atoms with Crippen LogP contribution in [0.4, 0.5) is 0 Å². The van der Waals surface area contributed by atoms with Gasteiger partial charge >= 0.3 is 0 Å². The molecule has 25 heavy (non-hydrogen) atoms. The maximum absolute atomic E-state index is 12.4. The van der Waals surface area contributed by atoms with Crippen LogP contribution in [-0.4, -0.2) is 87.7 Å². The van der Waals surface area contributed by atoms with E-state index in [1.807, 2.05) is 18.2 Å². The molecule has 1 aromatic carbocycles. The van der Waals surface area contributed by atoms with Gasteiger partial charge in [0.15, 0.2) is 0 Å². The Morgan fingerprint density at radius 3 is 2.36 bits per heavy atom. The number of benzene rings is 1. The molecule has 1 aliphatic rings. The Morgan fingerprint density at radius 2 is 1.80 bits per heavy atom. The van der Waals surface area contributed by atoms with Crippen molar-refractivity contribution >= 4 is 15.9 Å². The van der Waals surface area contributed by atoms with Gasteiger partial charge in [0.05, 0.1) is 19.4 Å². The minimum atomic E-state index is -3.43. The molecule has 1 aromatic rings. The molecule has 0 aromatic heterocycles. The van der Waals surface area contributed by atoms with E-state index in [0.29, 0.717) is 13.1 Å². The van der Waals surface area contributed by atoms with E-state index in [1.54, 1.807) is 4.90 Å². The monoisotopic (exact) mass is 369 g/mol. The fourth-order valence-corrected chi connectivity index (χ4v) is 3.55. The minimum absolute atomic E-state index is 0.124. The van der Waals surface area contributed by atoms with Crippen LogP contribution in [0.25, 0.3) is 0 Å². The van der Waals surface area contributed by atoms with E-state index in [9.17, 15) is 13.2 Å². The smallest absolute Gasteiger partial charge is 0.237 e. The van der Waals surface area contributed by atoms with Crippen LogP contribution in [0.5, 0.6) is 0 Å². The number of carbonyl (C=O) groups is 1. The Kier molecular flexibility index (Phi) is 7.37. The predicted molar refractivity (Wildman–Crippen MR) is 96.6 cm³/mol. The van der Waals surface area contributed by atoms with Gasteiger partial charge in [-0.3, -0.25) is 9.69 Å². The topological polar surface area (TPSA) is 70.2 Å². The minimum Gasteiger partial charge on any atom is -0.383 e. The molecule has 0 spiro atoms. The molecule has 0 bridgehead atoms. The third kappa shape index (κ3) is 6.39. The molecule has 0 N–H and O–H groups in total. The van der Waals surface area contributed by atoms with Gasteiger partial charge in [0.1, 0.15) is 0 Å². The van der Waals surface area contributed by atoms with Crippen LogP contribution in [0.1, 0.15) is 5.56 Å². The standard InChI is InChI=1S/C17H27N3O4S/c1-24-13-12-20(25(2,22)23)15-17(21)19-10-8-18(9-11-19)14-16-6-4-3-5-7-16/h3-7H,8-15H2,1-2H3. The first kappa shape index (κ1) is 19.8. The number of ether oxygens (including phenoxy) is 1. The highest BCUT2D eigenvalue weighted by molar-refractivity contribution is 7.88. The van der Waals surface area contributed by atoms with E-state index in [0.717, 1.165) is 25.9 Å². The first-order chi connectivity index (χ1) is 11.9. The largest absolute Gasteiger partial charge is 0.383 e. The zero-order chi connectivity index (χ0) is 18.3. The zero-order valence-corrected chi connectivity index (χ0v) is 15.7. The van der Waals surface area contributed by atoms with Crippen molar-refractivity contribution < 1.29 is 17.9 Å². The molecule has 2 rings (SSSR count). The van der Waals surface area contributed by atoms with Crippen molar-refractivity contribution in [3.63, 3.8) is 0 Å². The Hall–Kier alpha value is -1.48. The van der Waals surface area contributed by atoms with Crippen LogP contribution < -0.4 is 0 Å². The van der Waals surface area contributed by atoms with E-state index < -0.39 is 10.0 Å². The van der Waals surface area contributed by atoms with Gasteiger partial charge in [-0.05, 0) is 5.56 Å². The number of hydrogen-bond donors (Lipinski definition) is 0. The van der Waals surface area contributed by atoms with Crippen LogP contribution in [0, 0.1) is 0 Å². The molecule has 8 heteroatoms. The fourth-order valence-electron chi connectivity index (χ4n) is 2.80. The van der Waals surface area contributed by atoms with Gasteiger partial charge in [-0.2, -0.15) is 4.31 Å². The maximum Gasteiger partial charge on any atom is 0.237 e. The van der Waals surface area contributed by atoms with Crippen molar-refractivity contribution in [3.05, 3.63) is 35.9 Å². The van der Waals surface area contributed by atoms with Crippen molar-refractivity contribution in [3.8, 4) is 0 Å². The number of methoxy groups -OCH3 is 1. The number of carbonyl (C=O) groups excluding carboxylic acids is 1. The average molecular weight is 369 g/mol. The predicted octanol–water partition coefficient (Wildman–Crippen LogP) is 0.239. The van der Waals surface area contributed by atoms with Crippen LogP contribution in [-0.2, 0) is 26.1 Å². The van der Waals surface area contributed by atoms with Crippen molar-refractivity contribution in [2.24, 2.45) is 0 Å². The molecule has 0 radical (unpaired) electrons. The molecule has 0 aliphatic carbocycles. The van der Waals surface area contributed by atoms with E-state index in [4.69, 9.17) is 4.74 Å². The lowest BCUT2D eigenvalue weighted by molar-refractivity contribution is -0.133. The van der Waals surface area contributed by atoms with E-state index in [-0.39, 0.29) is 25.6 Å². The Balaban J connectivity index is 1.83. The number of hydrogen-bond acceptors (Lipinski definition) is 5. The lowest BCUT2D eigenvalue weighted by atomic mass is 10.2. The Bertz CT molecular complexity index is 643. The summed E-state index contributed by atoms with van der Waals surface area (Å²) in [4.78, 5) is 16.5. The number of amides is 1. The fraction of sp³-hybridized carbons (Fsp3) is 0.588. The summed E-state index contributed by atoms with van der Waals surface area (Å²) in [5, 5.41) is 0. The van der Waals surface area contributed by atoms with Gasteiger partial charge < -0.3 is 9.64 Å². The third-order valence-electron chi connectivity index (χ3n) is 4.30. The molecule has 1 aliphatic heterocycles. The summed E-state index contributed by atoms with van der Waals surface area (Å²) in [7, 11) is -1.92. The first-order valence-electron chi connectivity index (χ1n) is 8.38. The summed E-state index contributed by atoms with van der Waals surface area (Å²) in [5.41, 5.74) is 1.25. The van der Waals surface area contributed by atoms with Crippen molar-refractivity contribution in [2.45, 2.75) is 6.54 Å². The van der Waals surface area contributed by atoms with Crippen LogP contribution in [0.3, 0.4) is 0 Å². The average Bonchev–Trinajstić information content (AvgIpc) is 2.59. The molecule has 1 saturated heterocycles. The lowest BCUT2D eigenvalue weighted by Crippen LogP contribution is -2.51. The second kappa shape index (κ2) is 9.28. The maximum atomic E-state index is 12.4. The van der Waals surface area contributed by atoms with Crippen molar-refractivity contribution in [1.82, 2.24) is 14.1 Å². The SMILES string of the molecule is COCCN(CC(=O)N1CCN(Cc2ccccc2)CC1)S(C)(=O)=O. The molecule has 1 amide bonds. The quantitative estimate of drug-likeness (QED) is 0.656. The molecule has 0 atom stereocenters. The molecule has 0 unspecified atom stereocenters. The second-order valence-corrected chi connectivity index (χ2v) is 8.21. The summed E-state index contributed by atoms with van der Waals surface area (Å²) in [6, 6.07) is 10.2. The summed E-state index contributed by atoms with van der Waals surface area (Å²) in [5.74, 6) is -0.152. The molecular weight excluding hydrogens is 342 g/mol. The van der Waals surface area contributed by atoms with Gasteiger partial charge in [0, 0.05) is 46.4 Å². The lowest BCUT2D eigenvalue weighted by Gasteiger charge is -2.35. The molecule has 1 fully saturated rings. The van der Waals surface area contributed by atoms with Crippen molar-refractivity contribution in [1.29, 1.82) is 0 Å². The van der Waals surface area contributed by atoms with Gasteiger partial charge in [0.25, 0.3) is 0 Å². The normalized spacial score (nSPS) is 16.4.